The van der Waals surface area contributed by atoms with Crippen LogP contribution in [0.15, 0.2) is 45.4 Å². The summed E-state index contributed by atoms with van der Waals surface area (Å²) in [5.41, 5.74) is 7.53. The first-order chi connectivity index (χ1) is 10.0. The molecule has 0 saturated heterocycles. The molecule has 1 aromatic heterocycles. The van der Waals surface area contributed by atoms with Crippen molar-refractivity contribution in [3.63, 3.8) is 0 Å². The van der Waals surface area contributed by atoms with Crippen molar-refractivity contribution in [2.75, 3.05) is 5.73 Å². The van der Waals surface area contributed by atoms with Crippen LogP contribution in [-0.4, -0.2) is 10.1 Å². The minimum atomic E-state index is -0.360. The van der Waals surface area contributed by atoms with Gasteiger partial charge < -0.3 is 10.3 Å². The van der Waals surface area contributed by atoms with Gasteiger partial charge in [-0.05, 0) is 52.3 Å². The van der Waals surface area contributed by atoms with Crippen molar-refractivity contribution in [1.82, 2.24) is 10.1 Å². The van der Waals surface area contributed by atoms with Gasteiger partial charge in [0.05, 0.1) is 10.0 Å². The fourth-order valence-electron chi connectivity index (χ4n) is 1.80. The Labute approximate surface area is 132 Å². The topological polar surface area (TPSA) is 64.9 Å². The molecule has 4 nitrogen and oxygen atoms in total. The average molecular weight is 369 g/mol. The van der Waals surface area contributed by atoms with Gasteiger partial charge in [-0.2, -0.15) is 4.98 Å². The van der Waals surface area contributed by atoms with Gasteiger partial charge in [0.1, 0.15) is 5.82 Å². The highest BCUT2D eigenvalue weighted by Crippen LogP contribution is 2.30. The lowest BCUT2D eigenvalue weighted by molar-refractivity contribution is 0.432. The van der Waals surface area contributed by atoms with E-state index in [4.69, 9.17) is 21.9 Å². The molecule has 21 heavy (non-hydrogen) atoms. The van der Waals surface area contributed by atoms with Gasteiger partial charge in [0.25, 0.3) is 5.89 Å². The molecular weight excluding hydrogens is 361 g/mol. The lowest BCUT2D eigenvalue weighted by Gasteiger charge is -2.00. The predicted molar refractivity (Wildman–Crippen MR) is 82.3 cm³/mol. The van der Waals surface area contributed by atoms with Crippen molar-refractivity contribution in [3.8, 4) is 22.8 Å². The van der Waals surface area contributed by atoms with Crippen molar-refractivity contribution in [3.05, 3.63) is 51.7 Å². The fraction of sp³-hybridized carbons (Fsp3) is 0. The van der Waals surface area contributed by atoms with Gasteiger partial charge in [0, 0.05) is 16.3 Å². The van der Waals surface area contributed by atoms with E-state index in [2.05, 4.69) is 26.1 Å². The molecule has 0 radical (unpaired) electrons. The zero-order valence-electron chi connectivity index (χ0n) is 10.5. The van der Waals surface area contributed by atoms with E-state index in [9.17, 15) is 4.39 Å². The van der Waals surface area contributed by atoms with Crippen LogP contribution in [0.1, 0.15) is 0 Å². The van der Waals surface area contributed by atoms with Gasteiger partial charge in [0.15, 0.2) is 0 Å². The average Bonchev–Trinajstić information content (AvgIpc) is 2.94. The maximum atomic E-state index is 13.2. The van der Waals surface area contributed by atoms with Gasteiger partial charge in [-0.3, -0.25) is 0 Å². The predicted octanol–water partition coefficient (Wildman–Crippen LogP) is 4.54. The highest BCUT2D eigenvalue weighted by atomic mass is 79.9. The largest absolute Gasteiger partial charge is 0.398 e. The van der Waals surface area contributed by atoms with E-state index in [-0.39, 0.29) is 11.7 Å². The summed E-state index contributed by atoms with van der Waals surface area (Å²) in [5.74, 6) is 0.233. The van der Waals surface area contributed by atoms with Gasteiger partial charge in [-0.1, -0.05) is 16.8 Å². The molecular formula is C14H8BrClFN3O. The molecule has 1 heterocycles. The third kappa shape index (κ3) is 2.77. The molecule has 0 aliphatic rings. The molecule has 106 valence electrons. The summed E-state index contributed by atoms with van der Waals surface area (Å²) in [6.07, 6.45) is 0. The molecule has 2 N–H and O–H groups in total. The van der Waals surface area contributed by atoms with Crippen molar-refractivity contribution in [2.45, 2.75) is 0 Å². The first-order valence-corrected chi connectivity index (χ1v) is 7.06. The first kappa shape index (κ1) is 14.0. The van der Waals surface area contributed by atoms with Crippen LogP contribution in [0.25, 0.3) is 22.8 Å². The highest BCUT2D eigenvalue weighted by molar-refractivity contribution is 9.10. The van der Waals surface area contributed by atoms with Crippen molar-refractivity contribution in [2.24, 2.45) is 0 Å². The van der Waals surface area contributed by atoms with Crippen LogP contribution in [-0.2, 0) is 0 Å². The van der Waals surface area contributed by atoms with E-state index < -0.39 is 0 Å². The van der Waals surface area contributed by atoms with E-state index in [0.29, 0.717) is 32.1 Å². The van der Waals surface area contributed by atoms with Crippen molar-refractivity contribution < 1.29 is 8.91 Å². The number of anilines is 1. The van der Waals surface area contributed by atoms with E-state index in [0.717, 1.165) is 0 Å². The second-order valence-corrected chi connectivity index (χ2v) is 5.57. The normalized spacial score (nSPS) is 10.8. The van der Waals surface area contributed by atoms with Crippen LogP contribution < -0.4 is 5.73 Å². The summed E-state index contributed by atoms with van der Waals surface area (Å²) in [6, 6.07) is 9.45. The number of nitrogens with zero attached hydrogens (tertiary/aromatic N) is 2. The number of hydrogen-bond donors (Lipinski definition) is 1. The Hall–Kier alpha value is -1.92. The number of halogens is 3. The van der Waals surface area contributed by atoms with Crippen LogP contribution in [0.5, 0.6) is 0 Å². The maximum absolute atomic E-state index is 13.2. The standard InChI is InChI=1S/C14H8BrClFN3O/c15-10-5-7(1-3-11(10)17)13-19-14(21-20-13)9-6-8(16)2-4-12(9)18/h1-6H,18H2. The van der Waals surface area contributed by atoms with Crippen molar-refractivity contribution >= 4 is 33.2 Å². The second kappa shape index (κ2) is 5.46. The summed E-state index contributed by atoms with van der Waals surface area (Å²) >= 11 is 9.05. The molecule has 0 atom stereocenters. The molecule has 0 aliphatic carbocycles. The second-order valence-electron chi connectivity index (χ2n) is 4.28. The Kier molecular flexibility index (Phi) is 3.65. The molecule has 0 unspecified atom stereocenters. The van der Waals surface area contributed by atoms with Crippen LogP contribution in [0, 0.1) is 5.82 Å². The summed E-state index contributed by atoms with van der Waals surface area (Å²) in [4.78, 5) is 4.26. The zero-order chi connectivity index (χ0) is 15.0. The Morgan fingerprint density at radius 2 is 2.00 bits per heavy atom. The van der Waals surface area contributed by atoms with E-state index in [1.807, 2.05) is 0 Å². The van der Waals surface area contributed by atoms with Gasteiger partial charge in [-0.25, -0.2) is 4.39 Å². The highest BCUT2D eigenvalue weighted by Gasteiger charge is 2.14. The Bertz CT molecular complexity index is 822. The lowest BCUT2D eigenvalue weighted by Crippen LogP contribution is -1.90. The quantitative estimate of drug-likeness (QED) is 0.674. The molecule has 7 heteroatoms. The Morgan fingerprint density at radius 3 is 2.76 bits per heavy atom. The van der Waals surface area contributed by atoms with Crippen molar-refractivity contribution in [1.29, 1.82) is 0 Å². The summed E-state index contributed by atoms with van der Waals surface area (Å²) < 4.78 is 18.8. The van der Waals surface area contributed by atoms with E-state index in [1.165, 1.54) is 6.07 Å². The minimum absolute atomic E-state index is 0.255. The van der Waals surface area contributed by atoms with E-state index in [1.54, 1.807) is 30.3 Å². The Morgan fingerprint density at radius 1 is 1.19 bits per heavy atom. The summed E-state index contributed by atoms with van der Waals surface area (Å²) in [7, 11) is 0. The SMILES string of the molecule is Nc1ccc(Cl)cc1-c1nc(-c2ccc(F)c(Br)c2)no1. The third-order valence-electron chi connectivity index (χ3n) is 2.85. The fourth-order valence-corrected chi connectivity index (χ4v) is 2.35. The Balaban J connectivity index is 2.03. The molecule has 0 amide bonds. The molecule has 0 spiro atoms. The summed E-state index contributed by atoms with van der Waals surface area (Å²) in [5, 5.41) is 4.39. The smallest absolute Gasteiger partial charge is 0.260 e. The third-order valence-corrected chi connectivity index (χ3v) is 3.69. The van der Waals surface area contributed by atoms with Crippen LogP contribution in [0.3, 0.4) is 0 Å². The number of nitrogen functional groups attached to an aromatic ring is 1. The molecule has 2 aromatic carbocycles. The number of nitrogens with two attached hydrogens (primary N) is 1. The van der Waals surface area contributed by atoms with Crippen LogP contribution in [0.2, 0.25) is 5.02 Å². The molecule has 0 saturated carbocycles. The molecule has 0 bridgehead atoms. The summed E-state index contributed by atoms with van der Waals surface area (Å²) in [6.45, 7) is 0. The molecule has 3 rings (SSSR count). The number of rotatable bonds is 2. The number of benzene rings is 2. The van der Waals surface area contributed by atoms with Crippen LogP contribution >= 0.6 is 27.5 Å². The number of hydrogen-bond acceptors (Lipinski definition) is 4. The molecule has 0 fully saturated rings. The zero-order valence-corrected chi connectivity index (χ0v) is 12.8. The first-order valence-electron chi connectivity index (χ1n) is 5.89. The lowest BCUT2D eigenvalue weighted by atomic mass is 10.2. The minimum Gasteiger partial charge on any atom is -0.398 e. The maximum Gasteiger partial charge on any atom is 0.260 e. The van der Waals surface area contributed by atoms with Gasteiger partial charge in [-0.15, -0.1) is 0 Å². The van der Waals surface area contributed by atoms with Gasteiger partial charge >= 0.3 is 0 Å². The monoisotopic (exact) mass is 367 g/mol. The number of aromatic nitrogens is 2. The molecule has 3 aromatic rings. The van der Waals surface area contributed by atoms with Crippen LogP contribution in [0.4, 0.5) is 10.1 Å². The van der Waals surface area contributed by atoms with Gasteiger partial charge in [0.2, 0.25) is 5.82 Å². The van der Waals surface area contributed by atoms with E-state index >= 15 is 0 Å². The molecule has 0 aliphatic heterocycles.